The summed E-state index contributed by atoms with van der Waals surface area (Å²) in [4.78, 5) is 14.1. The van der Waals surface area contributed by atoms with Crippen LogP contribution in [-0.4, -0.2) is 46.3 Å². The SMILES string of the molecule is CC(C)(C)CCCOC1(CI)CCCN(C(=O)OC(C)(C)C)C1. The molecule has 1 aliphatic rings. The van der Waals surface area contributed by atoms with Gasteiger partial charge in [-0.15, -0.1) is 0 Å². The van der Waals surface area contributed by atoms with Gasteiger partial charge in [0.15, 0.2) is 0 Å². The van der Waals surface area contributed by atoms with E-state index < -0.39 is 5.60 Å². The molecular formula is C18H34INO3. The van der Waals surface area contributed by atoms with Crippen molar-refractivity contribution in [2.75, 3.05) is 24.1 Å². The van der Waals surface area contributed by atoms with Gasteiger partial charge < -0.3 is 14.4 Å². The Labute approximate surface area is 155 Å². The molecule has 0 saturated carbocycles. The van der Waals surface area contributed by atoms with Gasteiger partial charge in [0.25, 0.3) is 0 Å². The molecule has 1 fully saturated rings. The van der Waals surface area contributed by atoms with Gasteiger partial charge in [-0.25, -0.2) is 4.79 Å². The Morgan fingerprint density at radius 3 is 2.39 bits per heavy atom. The van der Waals surface area contributed by atoms with Gasteiger partial charge >= 0.3 is 6.09 Å². The molecule has 136 valence electrons. The van der Waals surface area contributed by atoms with E-state index in [1.54, 1.807) is 0 Å². The summed E-state index contributed by atoms with van der Waals surface area (Å²) in [6.07, 6.45) is 3.99. The average molecular weight is 439 g/mol. The molecule has 0 aromatic heterocycles. The number of amides is 1. The third-order valence-electron chi connectivity index (χ3n) is 3.91. The Morgan fingerprint density at radius 1 is 1.22 bits per heavy atom. The molecule has 23 heavy (non-hydrogen) atoms. The standard InChI is InChI=1S/C18H34INO3/c1-16(2,3)9-8-12-22-18(13-19)10-7-11-20(14-18)15(21)23-17(4,5)6/h7-14H2,1-6H3. The molecular weight excluding hydrogens is 405 g/mol. The molecule has 1 heterocycles. The van der Waals surface area contributed by atoms with Crippen LogP contribution >= 0.6 is 22.6 Å². The number of alkyl halides is 1. The number of hydrogen-bond acceptors (Lipinski definition) is 3. The van der Waals surface area contributed by atoms with Crippen molar-refractivity contribution in [3.8, 4) is 0 Å². The van der Waals surface area contributed by atoms with Crippen molar-refractivity contribution in [1.82, 2.24) is 4.90 Å². The maximum Gasteiger partial charge on any atom is 0.410 e. The molecule has 5 heteroatoms. The van der Waals surface area contributed by atoms with Gasteiger partial charge in [0.2, 0.25) is 0 Å². The van der Waals surface area contributed by atoms with Crippen LogP contribution in [0.1, 0.15) is 67.2 Å². The zero-order valence-corrected chi connectivity index (χ0v) is 17.9. The number of hydrogen-bond donors (Lipinski definition) is 0. The summed E-state index contributed by atoms with van der Waals surface area (Å²) in [5.74, 6) is 0. The Morgan fingerprint density at radius 2 is 1.87 bits per heavy atom. The van der Waals surface area contributed by atoms with Crippen LogP contribution in [0, 0.1) is 5.41 Å². The Balaban J connectivity index is 2.55. The van der Waals surface area contributed by atoms with E-state index in [-0.39, 0.29) is 11.7 Å². The maximum atomic E-state index is 12.3. The van der Waals surface area contributed by atoms with E-state index in [0.717, 1.165) is 43.3 Å². The summed E-state index contributed by atoms with van der Waals surface area (Å²) >= 11 is 2.39. The molecule has 1 saturated heterocycles. The smallest absolute Gasteiger partial charge is 0.410 e. The van der Waals surface area contributed by atoms with Crippen LogP contribution in [0.5, 0.6) is 0 Å². The largest absolute Gasteiger partial charge is 0.444 e. The van der Waals surface area contributed by atoms with E-state index in [1.165, 1.54) is 0 Å². The highest BCUT2D eigenvalue weighted by molar-refractivity contribution is 14.1. The van der Waals surface area contributed by atoms with Crippen molar-refractivity contribution < 1.29 is 14.3 Å². The number of carbonyl (C=O) groups excluding carboxylic acids is 1. The highest BCUT2D eigenvalue weighted by Gasteiger charge is 2.38. The van der Waals surface area contributed by atoms with E-state index >= 15 is 0 Å². The normalized spacial score (nSPS) is 23.0. The second-order valence-electron chi connectivity index (χ2n) is 8.83. The summed E-state index contributed by atoms with van der Waals surface area (Å²) in [5, 5.41) is 0. The van der Waals surface area contributed by atoms with Crippen molar-refractivity contribution in [2.24, 2.45) is 5.41 Å². The second kappa shape index (κ2) is 8.37. The maximum absolute atomic E-state index is 12.3. The first-order valence-electron chi connectivity index (χ1n) is 8.64. The average Bonchev–Trinajstić information content (AvgIpc) is 2.41. The number of likely N-dealkylation sites (tertiary alicyclic amines) is 1. The summed E-state index contributed by atoms with van der Waals surface area (Å²) in [5.41, 5.74) is -0.321. The van der Waals surface area contributed by atoms with Gasteiger partial charge in [-0.1, -0.05) is 43.4 Å². The lowest BCUT2D eigenvalue weighted by molar-refractivity contribution is -0.0768. The van der Waals surface area contributed by atoms with E-state index in [9.17, 15) is 4.79 Å². The van der Waals surface area contributed by atoms with Crippen LogP contribution in [0.4, 0.5) is 4.79 Å². The fourth-order valence-electron chi connectivity index (χ4n) is 2.74. The molecule has 1 atom stereocenters. The first-order chi connectivity index (χ1) is 10.5. The van der Waals surface area contributed by atoms with Gasteiger partial charge in [-0.2, -0.15) is 0 Å². The zero-order chi connectivity index (χ0) is 17.7. The van der Waals surface area contributed by atoms with Crippen LogP contribution in [0.25, 0.3) is 0 Å². The van der Waals surface area contributed by atoms with E-state index in [1.807, 2.05) is 25.7 Å². The number of rotatable bonds is 5. The second-order valence-corrected chi connectivity index (χ2v) is 9.60. The van der Waals surface area contributed by atoms with Crippen LogP contribution in [0.2, 0.25) is 0 Å². The summed E-state index contributed by atoms with van der Waals surface area (Å²) < 4.78 is 12.7. The molecule has 0 spiro atoms. The van der Waals surface area contributed by atoms with Gasteiger partial charge in [0, 0.05) is 17.6 Å². The van der Waals surface area contributed by atoms with Crippen molar-refractivity contribution >= 4 is 28.7 Å². The highest BCUT2D eigenvalue weighted by Crippen LogP contribution is 2.29. The number of carbonyl (C=O) groups is 1. The van der Waals surface area contributed by atoms with E-state index in [0.29, 0.717) is 12.0 Å². The minimum absolute atomic E-state index is 0.215. The molecule has 1 unspecified atom stereocenters. The monoisotopic (exact) mass is 439 g/mol. The third kappa shape index (κ3) is 8.05. The lowest BCUT2D eigenvalue weighted by atomic mass is 9.90. The van der Waals surface area contributed by atoms with Gasteiger partial charge in [0.05, 0.1) is 12.1 Å². The molecule has 0 bridgehead atoms. The number of ether oxygens (including phenoxy) is 2. The quantitative estimate of drug-likeness (QED) is 0.343. The molecule has 1 amide bonds. The molecule has 0 radical (unpaired) electrons. The molecule has 0 aromatic rings. The predicted octanol–water partition coefficient (Wildman–Crippen LogP) is 5.03. The lowest BCUT2D eigenvalue weighted by Gasteiger charge is -2.42. The fourth-order valence-corrected chi connectivity index (χ4v) is 3.58. The van der Waals surface area contributed by atoms with E-state index in [2.05, 4.69) is 43.4 Å². The van der Waals surface area contributed by atoms with Crippen molar-refractivity contribution in [3.63, 3.8) is 0 Å². The van der Waals surface area contributed by atoms with Crippen LogP contribution < -0.4 is 0 Å². The molecule has 0 aromatic carbocycles. The summed E-state index contributed by atoms with van der Waals surface area (Å²) in [6.45, 7) is 14.7. The Hall–Kier alpha value is -0.0400. The predicted molar refractivity (Wildman–Crippen MR) is 103 cm³/mol. The van der Waals surface area contributed by atoms with Crippen molar-refractivity contribution in [1.29, 1.82) is 0 Å². The molecule has 0 aliphatic carbocycles. The molecule has 1 aliphatic heterocycles. The number of halogens is 1. The van der Waals surface area contributed by atoms with Crippen LogP contribution in [-0.2, 0) is 9.47 Å². The van der Waals surface area contributed by atoms with Crippen molar-refractivity contribution in [3.05, 3.63) is 0 Å². The highest BCUT2D eigenvalue weighted by atomic mass is 127. The zero-order valence-electron chi connectivity index (χ0n) is 15.7. The summed E-state index contributed by atoms with van der Waals surface area (Å²) in [7, 11) is 0. The van der Waals surface area contributed by atoms with Crippen molar-refractivity contribution in [2.45, 2.75) is 78.4 Å². The topological polar surface area (TPSA) is 38.8 Å². The fraction of sp³-hybridized carbons (Fsp3) is 0.944. The first kappa shape index (κ1) is 21.0. The Bertz CT molecular complexity index is 387. The first-order valence-corrected chi connectivity index (χ1v) is 10.2. The molecule has 0 N–H and O–H groups in total. The number of nitrogens with zero attached hydrogens (tertiary/aromatic N) is 1. The number of piperidine rings is 1. The minimum Gasteiger partial charge on any atom is -0.444 e. The van der Waals surface area contributed by atoms with Gasteiger partial charge in [-0.3, -0.25) is 0 Å². The van der Waals surface area contributed by atoms with Gasteiger partial charge in [-0.05, 0) is 51.9 Å². The minimum atomic E-state index is -0.449. The molecule has 1 rings (SSSR count). The van der Waals surface area contributed by atoms with Crippen LogP contribution in [0.3, 0.4) is 0 Å². The van der Waals surface area contributed by atoms with Crippen LogP contribution in [0.15, 0.2) is 0 Å². The Kier molecular flexibility index (Phi) is 7.64. The third-order valence-corrected chi connectivity index (χ3v) is 5.30. The molecule has 4 nitrogen and oxygen atoms in total. The lowest BCUT2D eigenvalue weighted by Crippen LogP contribution is -2.53. The van der Waals surface area contributed by atoms with Gasteiger partial charge in [0.1, 0.15) is 5.60 Å². The van der Waals surface area contributed by atoms with E-state index in [4.69, 9.17) is 9.47 Å². The summed E-state index contributed by atoms with van der Waals surface area (Å²) in [6, 6.07) is 0.